The van der Waals surface area contributed by atoms with Gasteiger partial charge < -0.3 is 18.4 Å². The highest BCUT2D eigenvalue weighted by molar-refractivity contribution is 6.70. The highest BCUT2D eigenvalue weighted by Gasteiger charge is 2.25. The summed E-state index contributed by atoms with van der Waals surface area (Å²) in [5.41, 5.74) is 0. The Balaban J connectivity index is 4.57. The van der Waals surface area contributed by atoms with Crippen molar-refractivity contribution in [3.05, 3.63) is 12.2 Å². The van der Waals surface area contributed by atoms with E-state index >= 15 is 0 Å². The molecule has 0 aromatic rings. The summed E-state index contributed by atoms with van der Waals surface area (Å²) < 4.78 is 16.6. The maximum Gasteiger partial charge on any atom is 0.330 e. The molecular formula is C11H26O5Si3. The Hall–Kier alpha value is -0.259. The molecule has 0 unspecified atom stereocenters. The van der Waals surface area contributed by atoms with E-state index < -0.39 is 38.7 Å². The zero-order chi connectivity index (χ0) is 15.1. The van der Waals surface area contributed by atoms with Crippen molar-refractivity contribution in [2.75, 3.05) is 6.23 Å². The molecule has 1 N–H and O–H groups in total. The molecule has 112 valence electrons. The average molecular weight is 323 g/mol. The van der Waals surface area contributed by atoms with Crippen LogP contribution in [0.25, 0.3) is 0 Å². The number of carbonyl (C=O) groups is 1. The summed E-state index contributed by atoms with van der Waals surface area (Å²) in [6.07, 6.45) is 2.54. The molecule has 0 bridgehead atoms. The van der Waals surface area contributed by atoms with Gasteiger partial charge in [0.2, 0.25) is 0 Å². The fraction of sp³-hybridized carbons (Fsp3) is 0.727. The Kier molecular flexibility index (Phi) is 8.01. The molecule has 0 spiro atoms. The first-order chi connectivity index (χ1) is 8.53. The zero-order valence-corrected chi connectivity index (χ0v) is 16.1. The fourth-order valence-electron chi connectivity index (χ4n) is 1.15. The maximum absolute atomic E-state index is 11.4. The summed E-state index contributed by atoms with van der Waals surface area (Å²) in [5.74, 6) is -0.468. The molecule has 0 saturated carbocycles. The van der Waals surface area contributed by atoms with Gasteiger partial charge >= 0.3 is 5.97 Å². The quantitative estimate of drug-likeness (QED) is 0.314. The van der Waals surface area contributed by atoms with Crippen LogP contribution < -0.4 is 0 Å². The van der Waals surface area contributed by atoms with Crippen molar-refractivity contribution in [2.24, 2.45) is 0 Å². The van der Waals surface area contributed by atoms with Crippen LogP contribution in [0, 0.1) is 0 Å². The standard InChI is InChI=1S/C11H26O5Si3/c1-18(2,3)15-11(16-19(4,5)6)8-7-10(12)14-9-17-13/h7-8,11,13H,9,17H2,1-6H3. The SMILES string of the molecule is C[Si](C)(C)OC(C=CC(=O)OC[SiH2]O)O[Si](C)(C)C. The molecule has 0 aromatic heterocycles. The van der Waals surface area contributed by atoms with Crippen LogP contribution in [0.1, 0.15) is 0 Å². The lowest BCUT2D eigenvalue weighted by Gasteiger charge is -2.29. The summed E-state index contributed by atoms with van der Waals surface area (Å²) in [6, 6.07) is 0. The van der Waals surface area contributed by atoms with E-state index in [9.17, 15) is 4.79 Å². The van der Waals surface area contributed by atoms with E-state index in [0.717, 1.165) is 0 Å². The fourth-order valence-corrected chi connectivity index (χ4v) is 3.19. The second kappa shape index (κ2) is 8.12. The van der Waals surface area contributed by atoms with Crippen molar-refractivity contribution in [3.63, 3.8) is 0 Å². The molecule has 0 saturated heterocycles. The monoisotopic (exact) mass is 322 g/mol. The second-order valence-corrected chi connectivity index (χ2v) is 15.9. The molecule has 0 heterocycles. The lowest BCUT2D eigenvalue weighted by Crippen LogP contribution is -2.39. The van der Waals surface area contributed by atoms with Crippen LogP contribution >= 0.6 is 0 Å². The number of hydrogen-bond acceptors (Lipinski definition) is 5. The Morgan fingerprint density at radius 3 is 2.00 bits per heavy atom. The number of rotatable bonds is 8. The van der Waals surface area contributed by atoms with Crippen LogP contribution in [0.3, 0.4) is 0 Å². The Morgan fingerprint density at radius 2 is 1.63 bits per heavy atom. The maximum atomic E-state index is 11.4. The van der Waals surface area contributed by atoms with E-state index in [0.29, 0.717) is 0 Å². The van der Waals surface area contributed by atoms with Gasteiger partial charge in [-0.05, 0) is 45.4 Å². The van der Waals surface area contributed by atoms with Crippen LogP contribution in [0.2, 0.25) is 39.3 Å². The van der Waals surface area contributed by atoms with Gasteiger partial charge in [0.25, 0.3) is 0 Å². The Labute approximate surface area is 120 Å². The summed E-state index contributed by atoms with van der Waals surface area (Å²) in [5, 5.41) is 0. The van der Waals surface area contributed by atoms with Gasteiger partial charge in [-0.15, -0.1) is 0 Å². The summed E-state index contributed by atoms with van der Waals surface area (Å²) in [7, 11) is -4.76. The Morgan fingerprint density at radius 1 is 1.16 bits per heavy atom. The van der Waals surface area contributed by atoms with E-state index in [4.69, 9.17) is 18.4 Å². The van der Waals surface area contributed by atoms with Crippen molar-refractivity contribution in [3.8, 4) is 0 Å². The van der Waals surface area contributed by atoms with E-state index in [2.05, 4.69) is 39.3 Å². The lowest BCUT2D eigenvalue weighted by atomic mass is 10.5. The van der Waals surface area contributed by atoms with E-state index in [-0.39, 0.29) is 6.23 Å². The van der Waals surface area contributed by atoms with Crippen molar-refractivity contribution in [1.29, 1.82) is 0 Å². The van der Waals surface area contributed by atoms with Gasteiger partial charge in [0.05, 0.1) is 0 Å². The van der Waals surface area contributed by atoms with Crippen LogP contribution in [0.15, 0.2) is 12.2 Å². The summed E-state index contributed by atoms with van der Waals surface area (Å²) in [6.45, 7) is 12.4. The van der Waals surface area contributed by atoms with Crippen molar-refractivity contribution < 1.29 is 23.2 Å². The predicted molar refractivity (Wildman–Crippen MR) is 83.5 cm³/mol. The third-order valence-corrected chi connectivity index (χ3v) is 3.93. The van der Waals surface area contributed by atoms with Crippen LogP contribution in [-0.4, -0.2) is 49.7 Å². The highest BCUT2D eigenvalue weighted by Crippen LogP contribution is 2.15. The molecular weight excluding hydrogens is 296 g/mol. The van der Waals surface area contributed by atoms with Crippen molar-refractivity contribution in [1.82, 2.24) is 0 Å². The minimum atomic E-state index is -1.76. The van der Waals surface area contributed by atoms with Gasteiger partial charge in [-0.2, -0.15) is 0 Å². The molecule has 0 aliphatic rings. The van der Waals surface area contributed by atoms with E-state index in [1.807, 2.05) is 0 Å². The Bertz CT molecular complexity index is 290. The van der Waals surface area contributed by atoms with E-state index in [1.165, 1.54) is 6.08 Å². The van der Waals surface area contributed by atoms with Gasteiger partial charge in [-0.3, -0.25) is 0 Å². The molecule has 0 aliphatic heterocycles. The molecule has 19 heavy (non-hydrogen) atoms. The summed E-state index contributed by atoms with van der Waals surface area (Å²) in [4.78, 5) is 20.0. The lowest BCUT2D eigenvalue weighted by molar-refractivity contribution is -0.136. The largest absolute Gasteiger partial charge is 0.464 e. The minimum Gasteiger partial charge on any atom is -0.464 e. The van der Waals surface area contributed by atoms with E-state index in [1.54, 1.807) is 6.08 Å². The number of esters is 1. The zero-order valence-electron chi connectivity index (χ0n) is 12.7. The molecule has 0 fully saturated rings. The van der Waals surface area contributed by atoms with Crippen LogP contribution in [-0.2, 0) is 18.4 Å². The molecule has 5 nitrogen and oxygen atoms in total. The topological polar surface area (TPSA) is 65.0 Å². The normalized spacial score (nSPS) is 13.9. The van der Waals surface area contributed by atoms with Crippen LogP contribution in [0.4, 0.5) is 0 Å². The molecule has 0 amide bonds. The van der Waals surface area contributed by atoms with Crippen molar-refractivity contribution >= 4 is 32.4 Å². The van der Waals surface area contributed by atoms with Gasteiger partial charge in [0.15, 0.2) is 32.7 Å². The number of carbonyl (C=O) groups excluding carboxylic acids is 1. The molecule has 0 aromatic carbocycles. The first-order valence-corrected chi connectivity index (χ1v) is 14.8. The number of hydrogen-bond donors (Lipinski definition) is 1. The van der Waals surface area contributed by atoms with Crippen LogP contribution in [0.5, 0.6) is 0 Å². The third-order valence-electron chi connectivity index (χ3n) is 1.66. The van der Waals surface area contributed by atoms with Gasteiger partial charge in [0.1, 0.15) is 6.23 Å². The smallest absolute Gasteiger partial charge is 0.330 e. The molecule has 0 rings (SSSR count). The van der Waals surface area contributed by atoms with Crippen molar-refractivity contribution in [2.45, 2.75) is 45.6 Å². The molecule has 0 atom stereocenters. The first-order valence-electron chi connectivity index (χ1n) is 6.35. The highest BCUT2D eigenvalue weighted by atomic mass is 28.4. The van der Waals surface area contributed by atoms with Gasteiger partial charge in [-0.25, -0.2) is 4.79 Å². The predicted octanol–water partition coefficient (Wildman–Crippen LogP) is 1.15. The molecule has 8 heteroatoms. The second-order valence-electron chi connectivity index (χ2n) is 6.08. The molecule has 0 radical (unpaired) electrons. The van der Waals surface area contributed by atoms with Gasteiger partial charge in [-0.1, -0.05) is 0 Å². The third kappa shape index (κ3) is 12.5. The first kappa shape index (κ1) is 18.7. The average Bonchev–Trinajstić information content (AvgIpc) is 2.18. The van der Waals surface area contributed by atoms with Gasteiger partial charge in [0, 0.05) is 6.08 Å². The number of ether oxygens (including phenoxy) is 1. The summed E-state index contributed by atoms with van der Waals surface area (Å²) >= 11 is 0. The minimum absolute atomic E-state index is 0.137. The molecule has 0 aliphatic carbocycles.